The maximum atomic E-state index is 13.0. The molecule has 1 saturated heterocycles. The van der Waals surface area contributed by atoms with E-state index in [-0.39, 0.29) is 5.91 Å². The lowest BCUT2D eigenvalue weighted by Gasteiger charge is -2.34. The van der Waals surface area contributed by atoms with E-state index in [0.29, 0.717) is 30.6 Å². The van der Waals surface area contributed by atoms with E-state index in [0.717, 1.165) is 51.1 Å². The Hall–Kier alpha value is -1.75. The Labute approximate surface area is 137 Å². The summed E-state index contributed by atoms with van der Waals surface area (Å²) in [7, 11) is 0. The number of hydrogen-bond acceptors (Lipinski definition) is 4. The second kappa shape index (κ2) is 7.68. The van der Waals surface area contributed by atoms with Gasteiger partial charge in [0.1, 0.15) is 0 Å². The van der Waals surface area contributed by atoms with Crippen molar-refractivity contribution >= 4 is 5.91 Å². The van der Waals surface area contributed by atoms with Crippen LogP contribution in [0, 0.1) is 0 Å². The SMILES string of the molecule is CCCN(C(=O)c1ccc2c(c1)OCCCO2)C1CCNCC1. The van der Waals surface area contributed by atoms with Gasteiger partial charge in [0.15, 0.2) is 11.5 Å². The number of benzene rings is 1. The summed E-state index contributed by atoms with van der Waals surface area (Å²) in [6.45, 7) is 6.20. The highest BCUT2D eigenvalue weighted by atomic mass is 16.5. The smallest absolute Gasteiger partial charge is 0.254 e. The summed E-state index contributed by atoms with van der Waals surface area (Å²) in [4.78, 5) is 15.1. The second-order valence-electron chi connectivity index (χ2n) is 6.19. The zero-order valence-corrected chi connectivity index (χ0v) is 13.8. The van der Waals surface area contributed by atoms with E-state index in [9.17, 15) is 4.79 Å². The van der Waals surface area contributed by atoms with E-state index >= 15 is 0 Å². The summed E-state index contributed by atoms with van der Waals surface area (Å²) in [5.74, 6) is 1.53. The number of fused-ring (bicyclic) bond motifs is 1. The molecule has 0 bridgehead atoms. The average Bonchev–Trinajstić information content (AvgIpc) is 2.84. The number of carbonyl (C=O) groups excluding carboxylic acids is 1. The first-order valence-corrected chi connectivity index (χ1v) is 8.71. The van der Waals surface area contributed by atoms with Crippen LogP contribution in [0.25, 0.3) is 0 Å². The fraction of sp³-hybridized carbons (Fsp3) is 0.611. The van der Waals surface area contributed by atoms with Crippen molar-refractivity contribution in [2.24, 2.45) is 0 Å². The molecule has 0 aromatic heterocycles. The van der Waals surface area contributed by atoms with Crippen LogP contribution in [0.15, 0.2) is 18.2 Å². The van der Waals surface area contributed by atoms with E-state index in [1.54, 1.807) is 0 Å². The van der Waals surface area contributed by atoms with Gasteiger partial charge >= 0.3 is 0 Å². The highest BCUT2D eigenvalue weighted by Crippen LogP contribution is 2.31. The van der Waals surface area contributed by atoms with E-state index in [1.165, 1.54) is 0 Å². The molecule has 0 aliphatic carbocycles. The maximum Gasteiger partial charge on any atom is 0.254 e. The van der Waals surface area contributed by atoms with Crippen LogP contribution in [0.3, 0.4) is 0 Å². The summed E-state index contributed by atoms with van der Waals surface area (Å²) in [6, 6.07) is 5.90. The maximum absolute atomic E-state index is 13.0. The summed E-state index contributed by atoms with van der Waals surface area (Å²) in [5, 5.41) is 3.36. The molecule has 5 nitrogen and oxygen atoms in total. The number of nitrogens with one attached hydrogen (secondary N) is 1. The van der Waals surface area contributed by atoms with Gasteiger partial charge in [-0.1, -0.05) is 6.92 Å². The Morgan fingerprint density at radius 3 is 2.70 bits per heavy atom. The van der Waals surface area contributed by atoms with E-state index in [1.807, 2.05) is 23.1 Å². The molecule has 0 unspecified atom stereocenters. The van der Waals surface area contributed by atoms with Gasteiger partial charge in [-0.15, -0.1) is 0 Å². The van der Waals surface area contributed by atoms with Crippen molar-refractivity contribution in [1.82, 2.24) is 10.2 Å². The van der Waals surface area contributed by atoms with Gasteiger partial charge in [-0.2, -0.15) is 0 Å². The largest absolute Gasteiger partial charge is 0.490 e. The van der Waals surface area contributed by atoms with Crippen LogP contribution in [0.5, 0.6) is 11.5 Å². The van der Waals surface area contributed by atoms with Gasteiger partial charge < -0.3 is 19.7 Å². The Morgan fingerprint density at radius 2 is 1.96 bits per heavy atom. The molecule has 1 amide bonds. The van der Waals surface area contributed by atoms with Gasteiger partial charge in [0.25, 0.3) is 5.91 Å². The average molecular weight is 318 g/mol. The molecule has 0 radical (unpaired) electrons. The van der Waals surface area contributed by atoms with Crippen LogP contribution in [0.4, 0.5) is 0 Å². The number of rotatable bonds is 4. The molecule has 0 atom stereocenters. The molecular weight excluding hydrogens is 292 g/mol. The molecule has 5 heteroatoms. The molecule has 0 saturated carbocycles. The third kappa shape index (κ3) is 3.78. The van der Waals surface area contributed by atoms with Crippen molar-refractivity contribution in [3.05, 3.63) is 23.8 Å². The van der Waals surface area contributed by atoms with Gasteiger partial charge in [-0.25, -0.2) is 0 Å². The number of ether oxygens (including phenoxy) is 2. The molecule has 2 heterocycles. The van der Waals surface area contributed by atoms with Gasteiger partial charge in [-0.05, 0) is 50.6 Å². The summed E-state index contributed by atoms with van der Waals surface area (Å²) in [6.07, 6.45) is 3.89. The number of carbonyl (C=O) groups is 1. The molecule has 2 aliphatic heterocycles. The lowest BCUT2D eigenvalue weighted by Crippen LogP contribution is -2.46. The second-order valence-corrected chi connectivity index (χ2v) is 6.19. The van der Waals surface area contributed by atoms with Crippen LogP contribution in [-0.4, -0.2) is 49.7 Å². The van der Waals surface area contributed by atoms with Crippen molar-refractivity contribution < 1.29 is 14.3 Å². The van der Waals surface area contributed by atoms with Crippen molar-refractivity contribution in [2.45, 2.75) is 38.6 Å². The number of piperidine rings is 1. The quantitative estimate of drug-likeness (QED) is 0.926. The molecule has 2 aliphatic rings. The van der Waals surface area contributed by atoms with Crippen LogP contribution >= 0.6 is 0 Å². The van der Waals surface area contributed by atoms with Gasteiger partial charge in [0.2, 0.25) is 0 Å². The molecule has 1 aromatic carbocycles. The highest BCUT2D eigenvalue weighted by molar-refractivity contribution is 5.95. The summed E-state index contributed by atoms with van der Waals surface area (Å²) >= 11 is 0. The Bertz CT molecular complexity index is 541. The first kappa shape index (κ1) is 16.1. The van der Waals surface area contributed by atoms with Gasteiger partial charge in [0, 0.05) is 24.6 Å². The topological polar surface area (TPSA) is 50.8 Å². The predicted octanol–water partition coefficient (Wildman–Crippen LogP) is 2.45. The predicted molar refractivity (Wildman–Crippen MR) is 89.3 cm³/mol. The van der Waals surface area contributed by atoms with Crippen molar-refractivity contribution in [2.75, 3.05) is 32.8 Å². The van der Waals surface area contributed by atoms with Crippen LogP contribution in [0.1, 0.15) is 43.0 Å². The monoisotopic (exact) mass is 318 g/mol. The molecule has 0 spiro atoms. The van der Waals surface area contributed by atoms with Gasteiger partial charge in [0.05, 0.1) is 13.2 Å². The molecule has 126 valence electrons. The zero-order chi connectivity index (χ0) is 16.1. The fourth-order valence-electron chi connectivity index (χ4n) is 3.27. The van der Waals surface area contributed by atoms with Crippen molar-refractivity contribution in [1.29, 1.82) is 0 Å². The standard InChI is InChI=1S/C18H26N2O3/c1-2-10-20(15-6-8-19-9-7-15)18(21)14-4-5-16-17(13-14)23-12-3-11-22-16/h4-5,13,15,19H,2-3,6-12H2,1H3. The van der Waals surface area contributed by atoms with E-state index in [2.05, 4.69) is 12.2 Å². The van der Waals surface area contributed by atoms with Crippen LogP contribution in [-0.2, 0) is 0 Å². The number of nitrogens with zero attached hydrogens (tertiary/aromatic N) is 1. The third-order valence-electron chi connectivity index (χ3n) is 4.47. The van der Waals surface area contributed by atoms with Crippen molar-refractivity contribution in [3.8, 4) is 11.5 Å². The third-order valence-corrected chi connectivity index (χ3v) is 4.47. The lowest BCUT2D eigenvalue weighted by atomic mass is 10.0. The van der Waals surface area contributed by atoms with Gasteiger partial charge in [-0.3, -0.25) is 4.79 Å². The van der Waals surface area contributed by atoms with Crippen LogP contribution < -0.4 is 14.8 Å². The highest BCUT2D eigenvalue weighted by Gasteiger charge is 2.26. The Morgan fingerprint density at radius 1 is 1.22 bits per heavy atom. The van der Waals surface area contributed by atoms with Crippen LogP contribution in [0.2, 0.25) is 0 Å². The fourth-order valence-corrected chi connectivity index (χ4v) is 3.27. The van der Waals surface area contributed by atoms with E-state index in [4.69, 9.17) is 9.47 Å². The Balaban J connectivity index is 1.80. The molecule has 3 rings (SSSR count). The summed E-state index contributed by atoms with van der Waals surface area (Å²) < 4.78 is 11.4. The molecule has 23 heavy (non-hydrogen) atoms. The minimum absolute atomic E-state index is 0.106. The lowest BCUT2D eigenvalue weighted by molar-refractivity contribution is 0.0642. The number of hydrogen-bond donors (Lipinski definition) is 1. The molecular formula is C18H26N2O3. The number of amides is 1. The normalized spacial score (nSPS) is 18.3. The Kier molecular flexibility index (Phi) is 5.39. The first-order chi connectivity index (χ1) is 11.3. The first-order valence-electron chi connectivity index (χ1n) is 8.71. The zero-order valence-electron chi connectivity index (χ0n) is 13.8. The minimum atomic E-state index is 0.106. The van der Waals surface area contributed by atoms with E-state index < -0.39 is 0 Å². The molecule has 1 N–H and O–H groups in total. The minimum Gasteiger partial charge on any atom is -0.490 e. The van der Waals surface area contributed by atoms with Crippen molar-refractivity contribution in [3.63, 3.8) is 0 Å². The molecule has 1 aromatic rings. The summed E-state index contributed by atoms with van der Waals surface area (Å²) in [5.41, 5.74) is 0.696. The molecule has 1 fully saturated rings.